The van der Waals surface area contributed by atoms with Crippen molar-refractivity contribution in [3.8, 4) is 17.2 Å². The van der Waals surface area contributed by atoms with Crippen LogP contribution in [0.1, 0.15) is 31.2 Å². The first-order chi connectivity index (χ1) is 14.7. The minimum atomic E-state index is -0.183. The Balaban J connectivity index is 1.51. The van der Waals surface area contributed by atoms with Gasteiger partial charge in [0.05, 0.1) is 20.3 Å². The van der Waals surface area contributed by atoms with E-state index in [2.05, 4.69) is 10.3 Å². The maximum atomic E-state index is 9.70. The van der Waals surface area contributed by atoms with Crippen molar-refractivity contribution in [2.24, 2.45) is 0 Å². The van der Waals surface area contributed by atoms with E-state index in [4.69, 9.17) is 19.2 Å². The number of rotatable bonds is 7. The van der Waals surface area contributed by atoms with Gasteiger partial charge in [-0.15, -0.1) is 0 Å². The Morgan fingerprint density at radius 2 is 1.80 bits per heavy atom. The van der Waals surface area contributed by atoms with Crippen LogP contribution < -0.4 is 19.5 Å². The lowest BCUT2D eigenvalue weighted by atomic mass is 9.93. The number of ether oxygens (including phenoxy) is 3. The van der Waals surface area contributed by atoms with Crippen molar-refractivity contribution in [1.29, 1.82) is 0 Å². The standard InChI is InChI=1S/C23H27N3O4/c1-28-19-11-6-15(12-21(19)29-2)14-30-20-5-3-4-16-13-24-23(26-22(16)20)25-17-7-9-18(27)10-8-17/h3-6,11-13,17-18,27H,7-10,14H2,1-2H3,(H,24,25,26). The molecule has 1 saturated carbocycles. The fourth-order valence-electron chi connectivity index (χ4n) is 3.75. The SMILES string of the molecule is COc1ccc(COc2cccc3cnc(NC4CCC(O)CC4)nc23)cc1OC. The number of aromatic nitrogens is 2. The van der Waals surface area contributed by atoms with Gasteiger partial charge in [0.2, 0.25) is 5.95 Å². The molecule has 2 aromatic carbocycles. The van der Waals surface area contributed by atoms with Gasteiger partial charge in [0.15, 0.2) is 11.5 Å². The molecule has 1 aliphatic carbocycles. The van der Waals surface area contributed by atoms with Crippen LogP contribution in [0.2, 0.25) is 0 Å². The van der Waals surface area contributed by atoms with Gasteiger partial charge in [-0.25, -0.2) is 9.97 Å². The molecule has 0 unspecified atom stereocenters. The minimum Gasteiger partial charge on any atom is -0.493 e. The second-order valence-corrected chi connectivity index (χ2v) is 7.52. The summed E-state index contributed by atoms with van der Waals surface area (Å²) < 4.78 is 16.7. The average molecular weight is 409 g/mol. The van der Waals surface area contributed by atoms with E-state index >= 15 is 0 Å². The van der Waals surface area contributed by atoms with Gasteiger partial charge in [0.25, 0.3) is 0 Å². The maximum Gasteiger partial charge on any atom is 0.223 e. The van der Waals surface area contributed by atoms with Crippen LogP contribution in [0.25, 0.3) is 10.9 Å². The van der Waals surface area contributed by atoms with Crippen molar-refractivity contribution in [2.75, 3.05) is 19.5 Å². The molecule has 1 aliphatic rings. The van der Waals surface area contributed by atoms with Crippen LogP contribution in [0.3, 0.4) is 0 Å². The van der Waals surface area contributed by atoms with Gasteiger partial charge >= 0.3 is 0 Å². The van der Waals surface area contributed by atoms with Crippen molar-refractivity contribution < 1.29 is 19.3 Å². The Bertz CT molecular complexity index is 1000. The summed E-state index contributed by atoms with van der Waals surface area (Å²) in [6.07, 6.45) is 5.08. The van der Waals surface area contributed by atoms with Gasteiger partial charge in [-0.1, -0.05) is 18.2 Å². The van der Waals surface area contributed by atoms with Crippen LogP contribution in [0, 0.1) is 0 Å². The zero-order valence-electron chi connectivity index (χ0n) is 17.3. The van der Waals surface area contributed by atoms with Gasteiger partial charge in [0.1, 0.15) is 17.9 Å². The largest absolute Gasteiger partial charge is 0.493 e. The third-order valence-electron chi connectivity index (χ3n) is 5.45. The Kier molecular flexibility index (Phi) is 6.18. The molecule has 0 saturated heterocycles. The fraction of sp³-hybridized carbons (Fsp3) is 0.391. The molecule has 1 aromatic heterocycles. The van der Waals surface area contributed by atoms with Crippen molar-refractivity contribution in [3.05, 3.63) is 48.2 Å². The van der Waals surface area contributed by atoms with E-state index in [1.54, 1.807) is 14.2 Å². The number of anilines is 1. The molecule has 0 radical (unpaired) electrons. The van der Waals surface area contributed by atoms with Crippen LogP contribution in [0.15, 0.2) is 42.6 Å². The van der Waals surface area contributed by atoms with E-state index < -0.39 is 0 Å². The third-order valence-corrected chi connectivity index (χ3v) is 5.45. The van der Waals surface area contributed by atoms with Crippen molar-refractivity contribution in [1.82, 2.24) is 9.97 Å². The Labute approximate surface area is 176 Å². The first-order valence-electron chi connectivity index (χ1n) is 10.2. The summed E-state index contributed by atoms with van der Waals surface area (Å²) in [5, 5.41) is 14.0. The van der Waals surface area contributed by atoms with Crippen LogP contribution in [0.4, 0.5) is 5.95 Å². The summed E-state index contributed by atoms with van der Waals surface area (Å²) in [6, 6.07) is 11.8. The lowest BCUT2D eigenvalue weighted by molar-refractivity contribution is 0.126. The highest BCUT2D eigenvalue weighted by molar-refractivity contribution is 5.84. The molecule has 7 nitrogen and oxygen atoms in total. The van der Waals surface area contributed by atoms with E-state index in [1.165, 1.54) is 0 Å². The first kappa shape index (κ1) is 20.2. The van der Waals surface area contributed by atoms with Gasteiger partial charge < -0.3 is 24.6 Å². The van der Waals surface area contributed by atoms with Gasteiger partial charge in [-0.3, -0.25) is 0 Å². The lowest BCUT2D eigenvalue weighted by Crippen LogP contribution is -2.28. The Morgan fingerprint density at radius 3 is 2.57 bits per heavy atom. The summed E-state index contributed by atoms with van der Waals surface area (Å²) in [5.41, 5.74) is 1.74. The molecular formula is C23H27N3O4. The summed E-state index contributed by atoms with van der Waals surface area (Å²) in [7, 11) is 3.23. The van der Waals surface area contributed by atoms with E-state index in [0.29, 0.717) is 29.8 Å². The molecule has 1 heterocycles. The number of nitrogens with zero attached hydrogens (tertiary/aromatic N) is 2. The molecule has 0 aliphatic heterocycles. The van der Waals surface area contributed by atoms with Crippen molar-refractivity contribution in [2.45, 2.75) is 44.4 Å². The van der Waals surface area contributed by atoms with E-state index in [9.17, 15) is 5.11 Å². The average Bonchev–Trinajstić information content (AvgIpc) is 2.79. The van der Waals surface area contributed by atoms with Crippen LogP contribution in [-0.4, -0.2) is 41.4 Å². The summed E-state index contributed by atoms with van der Waals surface area (Å²) >= 11 is 0. The second-order valence-electron chi connectivity index (χ2n) is 7.52. The zero-order chi connectivity index (χ0) is 20.9. The normalized spacial score (nSPS) is 18.8. The molecule has 7 heteroatoms. The Morgan fingerprint density at radius 1 is 1.00 bits per heavy atom. The van der Waals surface area contributed by atoms with Gasteiger partial charge in [0, 0.05) is 17.6 Å². The van der Waals surface area contributed by atoms with Crippen LogP contribution in [0.5, 0.6) is 17.2 Å². The summed E-state index contributed by atoms with van der Waals surface area (Å²) in [4.78, 5) is 9.16. The topological polar surface area (TPSA) is 85.7 Å². The summed E-state index contributed by atoms with van der Waals surface area (Å²) in [5.74, 6) is 2.64. The number of fused-ring (bicyclic) bond motifs is 1. The smallest absolute Gasteiger partial charge is 0.223 e. The highest BCUT2D eigenvalue weighted by Crippen LogP contribution is 2.30. The molecule has 1 fully saturated rings. The first-order valence-corrected chi connectivity index (χ1v) is 10.2. The molecule has 0 spiro atoms. The molecular weight excluding hydrogens is 382 g/mol. The lowest BCUT2D eigenvalue weighted by Gasteiger charge is -2.26. The molecule has 0 amide bonds. The number of hydrogen-bond acceptors (Lipinski definition) is 7. The zero-order valence-corrected chi connectivity index (χ0v) is 17.3. The maximum absolute atomic E-state index is 9.70. The number of nitrogens with one attached hydrogen (secondary N) is 1. The second kappa shape index (κ2) is 9.17. The highest BCUT2D eigenvalue weighted by atomic mass is 16.5. The number of para-hydroxylation sites is 1. The number of aliphatic hydroxyl groups excluding tert-OH is 1. The van der Waals surface area contributed by atoms with Crippen LogP contribution in [-0.2, 0) is 6.61 Å². The molecule has 30 heavy (non-hydrogen) atoms. The summed E-state index contributed by atoms with van der Waals surface area (Å²) in [6.45, 7) is 0.382. The van der Waals surface area contributed by atoms with Crippen LogP contribution >= 0.6 is 0 Å². The quantitative estimate of drug-likeness (QED) is 0.611. The van der Waals surface area contributed by atoms with E-state index in [1.807, 2.05) is 42.6 Å². The molecule has 3 aromatic rings. The highest BCUT2D eigenvalue weighted by Gasteiger charge is 2.20. The minimum absolute atomic E-state index is 0.183. The van der Waals surface area contributed by atoms with E-state index in [-0.39, 0.29) is 12.1 Å². The molecule has 2 N–H and O–H groups in total. The van der Waals surface area contributed by atoms with Crippen molar-refractivity contribution in [3.63, 3.8) is 0 Å². The van der Waals surface area contributed by atoms with Crippen molar-refractivity contribution >= 4 is 16.9 Å². The predicted molar refractivity (Wildman–Crippen MR) is 115 cm³/mol. The Hall–Kier alpha value is -3.06. The number of benzene rings is 2. The molecule has 4 rings (SSSR count). The van der Waals surface area contributed by atoms with Gasteiger partial charge in [-0.05, 0) is 49.4 Å². The fourth-order valence-corrected chi connectivity index (χ4v) is 3.75. The molecule has 158 valence electrons. The third kappa shape index (κ3) is 4.57. The number of hydrogen-bond donors (Lipinski definition) is 2. The number of methoxy groups -OCH3 is 2. The molecule has 0 bridgehead atoms. The van der Waals surface area contributed by atoms with E-state index in [0.717, 1.165) is 42.1 Å². The monoisotopic (exact) mass is 409 g/mol. The predicted octanol–water partition coefficient (Wildman–Crippen LogP) is 3.94. The van der Waals surface area contributed by atoms with Gasteiger partial charge in [-0.2, -0.15) is 0 Å². The molecule has 0 atom stereocenters. The number of aliphatic hydroxyl groups is 1.